The fourth-order valence-corrected chi connectivity index (χ4v) is 1.36. The van der Waals surface area contributed by atoms with Gasteiger partial charge in [0, 0.05) is 19.0 Å². The Morgan fingerprint density at radius 3 is 2.81 bits per heavy atom. The molecule has 1 rings (SSSR count). The monoisotopic (exact) mass is 224 g/mol. The lowest BCUT2D eigenvalue weighted by Crippen LogP contribution is -2.37. The van der Waals surface area contributed by atoms with Crippen molar-refractivity contribution in [1.29, 1.82) is 0 Å². The van der Waals surface area contributed by atoms with Crippen LogP contribution in [0, 0.1) is 5.82 Å². The number of rotatable bonds is 5. The molecule has 1 atom stereocenters. The number of nitrogens with one attached hydrogen (secondary N) is 1. The second-order valence-corrected chi connectivity index (χ2v) is 3.80. The molecular formula is C12H17FN2O. The van der Waals surface area contributed by atoms with Crippen LogP contribution < -0.4 is 11.1 Å². The van der Waals surface area contributed by atoms with Gasteiger partial charge in [-0.3, -0.25) is 4.79 Å². The molecule has 3 N–H and O–H groups in total. The van der Waals surface area contributed by atoms with Gasteiger partial charge in [0.1, 0.15) is 5.82 Å². The second kappa shape index (κ2) is 6.23. The summed E-state index contributed by atoms with van der Waals surface area (Å²) in [6.45, 7) is 2.24. The third-order valence-corrected chi connectivity index (χ3v) is 2.34. The lowest BCUT2D eigenvalue weighted by atomic mass is 10.1. The van der Waals surface area contributed by atoms with Gasteiger partial charge in [-0.2, -0.15) is 0 Å². The number of amides is 1. The summed E-state index contributed by atoms with van der Waals surface area (Å²) < 4.78 is 13.2. The average molecular weight is 224 g/mol. The minimum atomic E-state index is -0.262. The number of halogens is 1. The molecule has 0 saturated carbocycles. The average Bonchev–Trinajstić information content (AvgIpc) is 2.28. The molecular weight excluding hydrogens is 207 g/mol. The molecule has 0 aliphatic carbocycles. The molecule has 3 nitrogen and oxygen atoms in total. The summed E-state index contributed by atoms with van der Waals surface area (Å²) in [7, 11) is 0. The van der Waals surface area contributed by atoms with Gasteiger partial charge in [-0.1, -0.05) is 18.2 Å². The minimum absolute atomic E-state index is 0.0341. The first-order chi connectivity index (χ1) is 7.63. The predicted octanol–water partition coefficient (Wildman–Crippen LogP) is 1.22. The van der Waals surface area contributed by atoms with E-state index in [-0.39, 0.29) is 24.2 Å². The predicted molar refractivity (Wildman–Crippen MR) is 61.4 cm³/mol. The van der Waals surface area contributed by atoms with Crippen LogP contribution in [0.2, 0.25) is 0 Å². The lowest BCUT2D eigenvalue weighted by molar-refractivity contribution is -0.121. The van der Waals surface area contributed by atoms with Gasteiger partial charge in [0.25, 0.3) is 0 Å². The standard InChI is InChI=1S/C12H17FN2O/c1-9(8-14)15-12(16)7-6-10-4-2-3-5-11(10)13/h2-5,9H,6-8,14H2,1H3,(H,15,16). The molecule has 0 radical (unpaired) electrons. The van der Waals surface area contributed by atoms with Crippen molar-refractivity contribution in [2.24, 2.45) is 5.73 Å². The van der Waals surface area contributed by atoms with E-state index in [2.05, 4.69) is 5.32 Å². The summed E-state index contributed by atoms with van der Waals surface area (Å²) >= 11 is 0. The maximum atomic E-state index is 13.2. The van der Waals surface area contributed by atoms with E-state index in [0.29, 0.717) is 18.5 Å². The summed E-state index contributed by atoms with van der Waals surface area (Å²) in [4.78, 5) is 11.4. The zero-order valence-electron chi connectivity index (χ0n) is 9.37. The molecule has 88 valence electrons. The van der Waals surface area contributed by atoms with Gasteiger partial charge in [-0.05, 0) is 25.0 Å². The third-order valence-electron chi connectivity index (χ3n) is 2.34. The quantitative estimate of drug-likeness (QED) is 0.790. The van der Waals surface area contributed by atoms with Gasteiger partial charge in [0.05, 0.1) is 0 Å². The Morgan fingerprint density at radius 1 is 1.50 bits per heavy atom. The van der Waals surface area contributed by atoms with E-state index in [1.54, 1.807) is 18.2 Å². The zero-order chi connectivity index (χ0) is 12.0. The van der Waals surface area contributed by atoms with E-state index in [1.165, 1.54) is 6.07 Å². The second-order valence-electron chi connectivity index (χ2n) is 3.80. The van der Waals surface area contributed by atoms with E-state index in [1.807, 2.05) is 6.92 Å². The summed E-state index contributed by atoms with van der Waals surface area (Å²) in [5.41, 5.74) is 5.94. The number of carbonyl (C=O) groups is 1. The molecule has 1 aromatic rings. The largest absolute Gasteiger partial charge is 0.352 e. The summed E-state index contributed by atoms with van der Waals surface area (Å²) in [5, 5.41) is 2.73. The van der Waals surface area contributed by atoms with Crippen molar-refractivity contribution in [2.45, 2.75) is 25.8 Å². The van der Waals surface area contributed by atoms with Crippen molar-refractivity contribution < 1.29 is 9.18 Å². The van der Waals surface area contributed by atoms with Crippen LogP contribution in [0.3, 0.4) is 0 Å². The first kappa shape index (κ1) is 12.6. The molecule has 0 bridgehead atoms. The fourth-order valence-electron chi connectivity index (χ4n) is 1.36. The summed E-state index contributed by atoms with van der Waals surface area (Å²) in [6, 6.07) is 6.45. The molecule has 0 spiro atoms. The van der Waals surface area contributed by atoms with E-state index >= 15 is 0 Å². The number of carbonyl (C=O) groups excluding carboxylic acids is 1. The molecule has 0 aliphatic rings. The van der Waals surface area contributed by atoms with Crippen molar-refractivity contribution in [1.82, 2.24) is 5.32 Å². The number of aryl methyl sites for hydroxylation is 1. The van der Waals surface area contributed by atoms with Gasteiger partial charge < -0.3 is 11.1 Å². The van der Waals surface area contributed by atoms with Gasteiger partial charge >= 0.3 is 0 Å². The van der Waals surface area contributed by atoms with Gasteiger partial charge in [-0.15, -0.1) is 0 Å². The fraction of sp³-hybridized carbons (Fsp3) is 0.417. The van der Waals surface area contributed by atoms with Gasteiger partial charge in [0.15, 0.2) is 0 Å². The molecule has 0 aromatic heterocycles. The van der Waals surface area contributed by atoms with Crippen LogP contribution in [0.25, 0.3) is 0 Å². The van der Waals surface area contributed by atoms with Gasteiger partial charge in [-0.25, -0.2) is 4.39 Å². The van der Waals surface area contributed by atoms with Gasteiger partial charge in [0.2, 0.25) is 5.91 Å². The highest BCUT2D eigenvalue weighted by Crippen LogP contribution is 2.08. The van der Waals surface area contributed by atoms with Crippen LogP contribution in [-0.2, 0) is 11.2 Å². The first-order valence-electron chi connectivity index (χ1n) is 5.36. The van der Waals surface area contributed by atoms with Crippen LogP contribution in [0.15, 0.2) is 24.3 Å². The highest BCUT2D eigenvalue weighted by Gasteiger charge is 2.07. The Hall–Kier alpha value is -1.42. The Bertz CT molecular complexity index is 355. The number of hydrogen-bond donors (Lipinski definition) is 2. The van der Waals surface area contributed by atoms with Crippen LogP contribution in [0.5, 0.6) is 0 Å². The molecule has 0 fully saturated rings. The van der Waals surface area contributed by atoms with Crippen LogP contribution >= 0.6 is 0 Å². The van der Waals surface area contributed by atoms with E-state index < -0.39 is 0 Å². The summed E-state index contributed by atoms with van der Waals surface area (Å²) in [5.74, 6) is -0.358. The van der Waals surface area contributed by atoms with Crippen LogP contribution in [-0.4, -0.2) is 18.5 Å². The Balaban J connectivity index is 2.40. The SMILES string of the molecule is CC(CN)NC(=O)CCc1ccccc1F. The molecule has 4 heteroatoms. The van der Waals surface area contributed by atoms with Crippen molar-refractivity contribution in [3.05, 3.63) is 35.6 Å². The molecule has 1 aromatic carbocycles. The molecule has 0 saturated heterocycles. The maximum absolute atomic E-state index is 13.2. The highest BCUT2D eigenvalue weighted by atomic mass is 19.1. The van der Waals surface area contributed by atoms with E-state index in [4.69, 9.17) is 5.73 Å². The Morgan fingerprint density at radius 2 is 2.19 bits per heavy atom. The van der Waals surface area contributed by atoms with E-state index in [9.17, 15) is 9.18 Å². The Labute approximate surface area is 94.8 Å². The van der Waals surface area contributed by atoms with Crippen molar-refractivity contribution >= 4 is 5.91 Å². The van der Waals surface area contributed by atoms with E-state index in [0.717, 1.165) is 0 Å². The lowest BCUT2D eigenvalue weighted by Gasteiger charge is -2.11. The summed E-state index contributed by atoms with van der Waals surface area (Å²) in [6.07, 6.45) is 0.696. The van der Waals surface area contributed by atoms with Crippen molar-refractivity contribution in [3.63, 3.8) is 0 Å². The third kappa shape index (κ3) is 3.98. The molecule has 0 aliphatic heterocycles. The zero-order valence-corrected chi connectivity index (χ0v) is 9.37. The normalized spacial score (nSPS) is 12.2. The smallest absolute Gasteiger partial charge is 0.220 e. The molecule has 0 heterocycles. The van der Waals surface area contributed by atoms with Crippen molar-refractivity contribution in [2.75, 3.05) is 6.54 Å². The minimum Gasteiger partial charge on any atom is -0.352 e. The highest BCUT2D eigenvalue weighted by molar-refractivity contribution is 5.76. The topological polar surface area (TPSA) is 55.1 Å². The van der Waals surface area contributed by atoms with Crippen LogP contribution in [0.1, 0.15) is 18.9 Å². The molecule has 16 heavy (non-hydrogen) atoms. The first-order valence-corrected chi connectivity index (χ1v) is 5.36. The maximum Gasteiger partial charge on any atom is 0.220 e. The van der Waals surface area contributed by atoms with Crippen molar-refractivity contribution in [3.8, 4) is 0 Å². The molecule has 1 unspecified atom stereocenters. The van der Waals surface area contributed by atoms with Crippen LogP contribution in [0.4, 0.5) is 4.39 Å². The number of hydrogen-bond acceptors (Lipinski definition) is 2. The molecule has 1 amide bonds. The number of nitrogens with two attached hydrogens (primary N) is 1. The Kier molecular flexibility index (Phi) is 4.92. The number of benzene rings is 1.